The number of ether oxygens (including phenoxy) is 1. The van der Waals surface area contributed by atoms with Gasteiger partial charge in [0.2, 0.25) is 5.91 Å². The number of carbonyl (C=O) groups is 2. The van der Waals surface area contributed by atoms with Crippen molar-refractivity contribution in [1.29, 1.82) is 0 Å². The maximum atomic E-state index is 12.4. The summed E-state index contributed by atoms with van der Waals surface area (Å²) >= 11 is 0. The molecule has 0 fully saturated rings. The van der Waals surface area contributed by atoms with Gasteiger partial charge in [-0.3, -0.25) is 14.5 Å². The lowest BCUT2D eigenvalue weighted by molar-refractivity contribution is -0.128. The molecular formula is C19H18N4O3. The van der Waals surface area contributed by atoms with Crippen molar-refractivity contribution in [3.63, 3.8) is 0 Å². The van der Waals surface area contributed by atoms with E-state index in [1.165, 1.54) is 4.90 Å². The second kappa shape index (κ2) is 6.51. The average Bonchev–Trinajstić information content (AvgIpc) is 3.07. The van der Waals surface area contributed by atoms with Gasteiger partial charge in [-0.15, -0.1) is 0 Å². The molecule has 0 saturated carbocycles. The average molecular weight is 350 g/mol. The molecule has 1 N–H and O–H groups in total. The Hall–Kier alpha value is -3.35. The first kappa shape index (κ1) is 16.1. The van der Waals surface area contributed by atoms with Crippen LogP contribution in [0.3, 0.4) is 0 Å². The number of hydrogen-bond acceptors (Lipinski definition) is 4. The molecule has 26 heavy (non-hydrogen) atoms. The van der Waals surface area contributed by atoms with Crippen LogP contribution in [0.5, 0.6) is 5.75 Å². The molecule has 1 aromatic carbocycles. The zero-order chi connectivity index (χ0) is 18.1. The van der Waals surface area contributed by atoms with Crippen molar-refractivity contribution in [2.45, 2.75) is 19.6 Å². The van der Waals surface area contributed by atoms with Gasteiger partial charge in [0, 0.05) is 18.3 Å². The molecule has 7 heteroatoms. The van der Waals surface area contributed by atoms with E-state index in [1.54, 1.807) is 29.8 Å². The van der Waals surface area contributed by atoms with Crippen molar-refractivity contribution in [2.24, 2.45) is 0 Å². The lowest BCUT2D eigenvalue weighted by atomic mass is 10.2. The van der Waals surface area contributed by atoms with Crippen LogP contribution in [0.15, 0.2) is 54.9 Å². The summed E-state index contributed by atoms with van der Waals surface area (Å²) in [5.41, 5.74) is 2.47. The number of nitrogens with zero attached hydrogens (tertiary/aromatic N) is 3. The van der Waals surface area contributed by atoms with Gasteiger partial charge in [0.05, 0.1) is 17.4 Å². The van der Waals surface area contributed by atoms with Crippen LogP contribution in [-0.4, -0.2) is 34.1 Å². The number of aromatic nitrogens is 2. The van der Waals surface area contributed by atoms with Crippen LogP contribution < -0.4 is 15.0 Å². The number of hydrogen-bond donors (Lipinski definition) is 1. The SMILES string of the molecule is CC1Oc2ccccc2N(CC(=O)NCc2cnn3ccccc23)C1=O. The highest BCUT2D eigenvalue weighted by Gasteiger charge is 2.32. The van der Waals surface area contributed by atoms with Gasteiger partial charge >= 0.3 is 0 Å². The smallest absolute Gasteiger partial charge is 0.268 e. The third-order valence-electron chi connectivity index (χ3n) is 4.36. The highest BCUT2D eigenvalue weighted by Crippen LogP contribution is 2.33. The standard InChI is InChI=1S/C19H18N4O3/c1-13-19(25)22(16-7-2-3-8-17(16)26-13)12-18(24)20-10-14-11-21-23-9-5-4-6-15(14)23/h2-9,11,13H,10,12H2,1H3,(H,20,24). The van der Waals surface area contributed by atoms with E-state index in [9.17, 15) is 9.59 Å². The summed E-state index contributed by atoms with van der Waals surface area (Å²) in [6, 6.07) is 13.0. The molecule has 1 aliphatic rings. The molecule has 3 heterocycles. The molecule has 132 valence electrons. The van der Waals surface area contributed by atoms with Crippen molar-refractivity contribution >= 4 is 23.0 Å². The number of pyridine rings is 1. The molecule has 1 atom stereocenters. The van der Waals surface area contributed by atoms with Crippen LogP contribution in [0.2, 0.25) is 0 Å². The molecule has 4 rings (SSSR count). The van der Waals surface area contributed by atoms with Crippen LogP contribution >= 0.6 is 0 Å². The molecule has 0 bridgehead atoms. The van der Waals surface area contributed by atoms with Crippen LogP contribution in [0.4, 0.5) is 5.69 Å². The minimum absolute atomic E-state index is 0.0528. The van der Waals surface area contributed by atoms with E-state index >= 15 is 0 Å². The predicted octanol–water partition coefficient (Wildman–Crippen LogP) is 1.76. The maximum Gasteiger partial charge on any atom is 0.268 e. The Morgan fingerprint density at radius 2 is 2.04 bits per heavy atom. The summed E-state index contributed by atoms with van der Waals surface area (Å²) in [6.45, 7) is 1.98. The zero-order valence-electron chi connectivity index (χ0n) is 14.3. The van der Waals surface area contributed by atoms with Crippen molar-refractivity contribution in [1.82, 2.24) is 14.9 Å². The van der Waals surface area contributed by atoms with E-state index in [0.717, 1.165) is 11.1 Å². The quantitative estimate of drug-likeness (QED) is 0.778. The molecule has 0 aliphatic carbocycles. The Balaban J connectivity index is 1.47. The van der Waals surface area contributed by atoms with E-state index in [-0.39, 0.29) is 18.4 Å². The molecule has 1 aliphatic heterocycles. The van der Waals surface area contributed by atoms with Gasteiger partial charge < -0.3 is 10.1 Å². The second-order valence-corrected chi connectivity index (χ2v) is 6.13. The van der Waals surface area contributed by atoms with Gasteiger partial charge in [-0.25, -0.2) is 4.52 Å². The van der Waals surface area contributed by atoms with Gasteiger partial charge in [-0.2, -0.15) is 5.10 Å². The number of anilines is 1. The van der Waals surface area contributed by atoms with Gasteiger partial charge in [-0.05, 0) is 31.2 Å². The van der Waals surface area contributed by atoms with Crippen molar-refractivity contribution in [2.75, 3.05) is 11.4 Å². The number of para-hydroxylation sites is 2. The fourth-order valence-corrected chi connectivity index (χ4v) is 3.04. The molecule has 0 spiro atoms. The Morgan fingerprint density at radius 1 is 1.23 bits per heavy atom. The number of carbonyl (C=O) groups excluding carboxylic acids is 2. The highest BCUT2D eigenvalue weighted by atomic mass is 16.5. The fraction of sp³-hybridized carbons (Fsp3) is 0.211. The summed E-state index contributed by atoms with van der Waals surface area (Å²) in [6.07, 6.45) is 2.97. The molecule has 0 radical (unpaired) electrons. The zero-order valence-corrected chi connectivity index (χ0v) is 14.3. The number of benzene rings is 1. The number of rotatable bonds is 4. The van der Waals surface area contributed by atoms with Crippen molar-refractivity contribution < 1.29 is 14.3 Å². The van der Waals surface area contributed by atoms with E-state index in [4.69, 9.17) is 4.74 Å². The van der Waals surface area contributed by atoms with Crippen LogP contribution in [-0.2, 0) is 16.1 Å². The summed E-state index contributed by atoms with van der Waals surface area (Å²) in [7, 11) is 0. The number of fused-ring (bicyclic) bond motifs is 2. The van der Waals surface area contributed by atoms with Gasteiger partial charge in [0.1, 0.15) is 12.3 Å². The third kappa shape index (κ3) is 2.88. The van der Waals surface area contributed by atoms with E-state index < -0.39 is 6.10 Å². The first-order chi connectivity index (χ1) is 12.6. The summed E-state index contributed by atoms with van der Waals surface area (Å²) in [5, 5.41) is 7.11. The molecule has 2 amide bonds. The first-order valence-corrected chi connectivity index (χ1v) is 8.38. The van der Waals surface area contributed by atoms with Gasteiger partial charge in [0.25, 0.3) is 5.91 Å². The van der Waals surface area contributed by atoms with Crippen LogP contribution in [0.25, 0.3) is 5.52 Å². The normalized spacial score (nSPS) is 16.3. The molecular weight excluding hydrogens is 332 g/mol. The summed E-state index contributed by atoms with van der Waals surface area (Å²) < 4.78 is 7.34. The molecule has 1 unspecified atom stereocenters. The summed E-state index contributed by atoms with van der Waals surface area (Å²) in [5.74, 6) is 0.141. The minimum atomic E-state index is -0.614. The topological polar surface area (TPSA) is 75.9 Å². The molecule has 7 nitrogen and oxygen atoms in total. The van der Waals surface area contributed by atoms with Crippen molar-refractivity contribution in [3.05, 3.63) is 60.4 Å². The van der Waals surface area contributed by atoms with E-state index in [1.807, 2.05) is 36.5 Å². The monoisotopic (exact) mass is 350 g/mol. The number of nitrogens with one attached hydrogen (secondary N) is 1. The summed E-state index contributed by atoms with van der Waals surface area (Å²) in [4.78, 5) is 26.3. The Bertz CT molecular complexity index is 982. The third-order valence-corrected chi connectivity index (χ3v) is 4.36. The Labute approximate surface area is 150 Å². The second-order valence-electron chi connectivity index (χ2n) is 6.13. The van der Waals surface area contributed by atoms with E-state index in [2.05, 4.69) is 10.4 Å². The molecule has 2 aromatic heterocycles. The fourth-order valence-electron chi connectivity index (χ4n) is 3.04. The lowest BCUT2D eigenvalue weighted by Gasteiger charge is -2.32. The van der Waals surface area contributed by atoms with Crippen LogP contribution in [0.1, 0.15) is 12.5 Å². The van der Waals surface area contributed by atoms with Crippen LogP contribution in [0, 0.1) is 0 Å². The molecule has 3 aromatic rings. The lowest BCUT2D eigenvalue weighted by Crippen LogP contribution is -2.48. The van der Waals surface area contributed by atoms with Crippen molar-refractivity contribution in [3.8, 4) is 5.75 Å². The van der Waals surface area contributed by atoms with Gasteiger partial charge in [-0.1, -0.05) is 18.2 Å². The largest absolute Gasteiger partial charge is 0.479 e. The predicted molar refractivity (Wildman–Crippen MR) is 95.9 cm³/mol. The highest BCUT2D eigenvalue weighted by molar-refractivity contribution is 6.03. The Kier molecular flexibility index (Phi) is 4.04. The maximum absolute atomic E-state index is 12.4. The first-order valence-electron chi connectivity index (χ1n) is 8.38. The number of amides is 2. The minimum Gasteiger partial charge on any atom is -0.479 e. The van der Waals surface area contributed by atoms with E-state index in [0.29, 0.717) is 18.0 Å². The van der Waals surface area contributed by atoms with Gasteiger partial charge in [0.15, 0.2) is 6.10 Å². The molecule has 0 saturated heterocycles. The Morgan fingerprint density at radius 3 is 2.92 bits per heavy atom.